The Morgan fingerprint density at radius 3 is 1.05 bits per heavy atom. The van der Waals surface area contributed by atoms with Gasteiger partial charge in [-0.1, -0.05) is 231 Å². The number of carbonyl (C=O) groups excluding carboxylic acids is 15. The van der Waals surface area contributed by atoms with Gasteiger partial charge < -0.3 is 83.2 Å². The van der Waals surface area contributed by atoms with Crippen LogP contribution in [-0.2, 0) is 91.8 Å². The Morgan fingerprint density at radius 1 is 0.416 bits per heavy atom. The largest absolute Gasteiger partial charge is 0.359 e. The zero-order chi connectivity index (χ0) is 111. The quantitative estimate of drug-likeness (QED) is 0.0200. The molecule has 4 aliphatic heterocycles. The maximum atomic E-state index is 14.9. The van der Waals surface area contributed by atoms with Crippen LogP contribution in [0.25, 0.3) is 0 Å². The molecule has 40 heteroatoms. The lowest BCUT2D eigenvalue weighted by Crippen LogP contribution is -2.65. The zero-order valence-corrected chi connectivity index (χ0v) is 94.8. The van der Waals surface area contributed by atoms with Crippen LogP contribution in [-0.4, -0.2) is 278 Å². The summed E-state index contributed by atoms with van der Waals surface area (Å²) < 4.78 is 83.1. The molecule has 15 amide bonds. The van der Waals surface area contributed by atoms with Crippen molar-refractivity contribution in [2.24, 2.45) is 79.8 Å². The van der Waals surface area contributed by atoms with E-state index in [-0.39, 0.29) is 119 Å². The number of fused-ring (bicyclic) bond motifs is 3. The Balaban J connectivity index is 0.000000212. The summed E-state index contributed by atoms with van der Waals surface area (Å²) in [5.41, 5.74) is -6.90. The van der Waals surface area contributed by atoms with Crippen molar-refractivity contribution in [2.45, 2.75) is 411 Å². The molecule has 4 saturated heterocycles. The number of hydrogen-bond donors (Lipinski definition) is 12. The van der Waals surface area contributed by atoms with Gasteiger partial charge in [-0.2, -0.15) is 0 Å². The summed E-state index contributed by atoms with van der Waals surface area (Å²) >= 11 is 0. The van der Waals surface area contributed by atoms with Crippen molar-refractivity contribution >= 4 is 118 Å². The summed E-state index contributed by atoms with van der Waals surface area (Å²) in [5.74, 6) is -7.44. The number of hydrogen-bond acceptors (Lipinski definition) is 22. The Bertz CT molecular complexity index is 5370. The number of unbranched alkanes of at least 4 members (excludes halogenated alkanes) is 1. The average Bonchev–Trinajstić information content (AvgIpc) is 1.52. The molecule has 4 heterocycles. The van der Waals surface area contributed by atoms with Gasteiger partial charge in [0.1, 0.15) is 36.3 Å². The van der Waals surface area contributed by atoms with Crippen molar-refractivity contribution in [3.05, 3.63) is 38.0 Å². The van der Waals surface area contributed by atoms with E-state index in [0.29, 0.717) is 90.3 Å². The molecule has 12 N–H and O–H groups in total. The second-order valence-corrected chi connectivity index (χ2v) is 59.3. The first kappa shape index (κ1) is 120. The Morgan fingerprint density at radius 2 is 0.732 bits per heavy atom. The Kier molecular flexibility index (Phi) is 37.8. The summed E-state index contributed by atoms with van der Waals surface area (Å²) in [4.78, 5) is 210. The molecule has 16 atom stereocenters. The summed E-state index contributed by atoms with van der Waals surface area (Å²) in [6, 6.07) is -10.6. The van der Waals surface area contributed by atoms with E-state index >= 15 is 0 Å². The minimum absolute atomic E-state index is 0.0440. The van der Waals surface area contributed by atoms with Crippen LogP contribution in [0.4, 0.5) is 14.4 Å². The minimum atomic E-state index is -3.58. The molecule has 13 aliphatic rings. The predicted octanol–water partition coefficient (Wildman–Crippen LogP) is 9.64. The first-order chi connectivity index (χ1) is 69.2. The van der Waals surface area contributed by atoms with Gasteiger partial charge in [0.25, 0.3) is 17.7 Å². The van der Waals surface area contributed by atoms with E-state index in [4.69, 9.17) is 4.74 Å². The van der Waals surface area contributed by atoms with Crippen molar-refractivity contribution in [3.63, 3.8) is 0 Å². The van der Waals surface area contributed by atoms with Crippen LogP contribution in [0.1, 0.15) is 325 Å². The average molecular weight is 2150 g/mol. The fourth-order valence-electron chi connectivity index (χ4n) is 25.0. The van der Waals surface area contributed by atoms with Crippen LogP contribution in [0.3, 0.4) is 0 Å². The molecule has 0 radical (unpaired) electrons. The molecule has 0 aromatic rings. The highest BCUT2D eigenvalue weighted by atomic mass is 32.2. The van der Waals surface area contributed by atoms with Crippen LogP contribution in [0.15, 0.2) is 38.0 Å². The van der Waals surface area contributed by atoms with Gasteiger partial charge in [0.05, 0.1) is 68.1 Å². The molecule has 9 saturated carbocycles. The molecule has 0 aromatic carbocycles. The molecule has 0 spiro atoms. The number of urea groups is 3. The zero-order valence-electron chi connectivity index (χ0n) is 92.4. The van der Waals surface area contributed by atoms with Crippen molar-refractivity contribution in [3.8, 4) is 0 Å². The van der Waals surface area contributed by atoms with E-state index in [9.17, 15) is 97.2 Å². The Hall–Kier alpha value is -8.92. The number of Topliss-reactive ketones (excluding diaryl/α,β-unsaturated/α-hetero) is 3. The highest BCUT2D eigenvalue weighted by Gasteiger charge is 2.73. The molecule has 9 aliphatic carbocycles. The van der Waals surface area contributed by atoms with E-state index in [1.54, 1.807) is 46.4 Å². The summed E-state index contributed by atoms with van der Waals surface area (Å²) in [6.07, 6.45) is 25.2. The SMILES string of the molecule is C=CCNC(=O)C(=O)[C@H](CC1CC1)NC(=O)[C@@H]1[C@@H]2C(CN1C(=O)[C@@H](NC(=O)NC1(CS(=O)(=O)C(C)(C)C)CCCCC1)C(C)(C)C)C2(C)C.C=CCNC(=O)C(=O)[C@H](CC1CC1)NC(=O)[C@@H]1[C@@H]2C(CN1C(=O)[C@@H](NC(=O)NC1(CS(=O)(=O)C(C)(C)C)CCCCC1)C1(C)CCCCC1)C2(C)C.C=CCNC(=O)C(=O)[C@H](CCCC)NC(=O)[C@@H]1[C@@H]2C(CN1C(=O)[C@@H](NC(=O)NC1(C3OCCS3(=O)=O)CCCCC1)C(C)(C)C)C2(C)C. The van der Waals surface area contributed by atoms with Gasteiger partial charge in [0, 0.05) is 39.3 Å². The lowest BCUT2D eigenvalue weighted by Gasteiger charge is -2.44. The first-order valence-corrected chi connectivity index (χ1v) is 59.9. The van der Waals surface area contributed by atoms with Gasteiger partial charge in [-0.3, -0.25) is 57.5 Å². The van der Waals surface area contributed by atoms with E-state index < -0.39 is 214 Å². The lowest BCUT2D eigenvalue weighted by molar-refractivity contribution is -0.146. The van der Waals surface area contributed by atoms with Gasteiger partial charge in [-0.15, -0.1) is 19.7 Å². The second kappa shape index (κ2) is 46.8. The van der Waals surface area contributed by atoms with Gasteiger partial charge in [-0.05, 0) is 192 Å². The number of sulfone groups is 3. The maximum Gasteiger partial charge on any atom is 0.316 e. The van der Waals surface area contributed by atoms with E-state index in [0.717, 1.165) is 109 Å². The third-order valence-corrected chi connectivity index (χ3v) is 42.7. The number of nitrogens with one attached hydrogen (secondary N) is 12. The third-order valence-electron chi connectivity index (χ3n) is 35.1. The number of likely N-dealkylation sites (tertiary alicyclic amines) is 3. The maximum absolute atomic E-state index is 14.9. The van der Waals surface area contributed by atoms with Gasteiger partial charge in [0.15, 0.2) is 34.9 Å². The minimum Gasteiger partial charge on any atom is -0.359 e. The van der Waals surface area contributed by atoms with Gasteiger partial charge in [0.2, 0.25) is 52.8 Å². The summed E-state index contributed by atoms with van der Waals surface area (Å²) in [6.45, 7) is 49.4. The Labute approximate surface area is 884 Å². The second-order valence-electron chi connectivity index (χ2n) is 51.7. The summed E-state index contributed by atoms with van der Waals surface area (Å²) in [7, 11) is -10.7. The van der Waals surface area contributed by atoms with E-state index in [2.05, 4.69) is 111 Å². The standard InChI is InChI=1S/C39H63N5O7S.C36H59N5O7S.C34H55N5O8S/c1-8-21-40-33(47)30(45)27(22-25-15-16-25)41-32(46)29-28-26(37(28,5)6)23-44(29)34(48)31(38(7)17-11-9-12-18-38)42-35(49)43-39(19-13-10-14-20-39)24-52(50,51)36(2,3)4;1-10-18-37-30(44)27(42)24(19-22-14-15-22)38-29(43)26-25-23(35(25,8)9)20-41(26)31(45)28(33(2,3)4)39-32(46)40-36(16-12-11-13-17-36)21-49(47,48)34(5,6)7;1-8-10-14-22(25(40)28(42)35-17-9-2)36-27(41)24-23-21(33(23,6)7)20-39(24)29(43)26(32(3,4)5)37-31(44)38-34(15-12-11-13-16-34)30-47-18-19-48(30,45)46/h8,25-29,31H,1,9-24H2,2-7H3,(H,40,47)(H,41,46)(H2,42,43,49);10,22-26,28H,1,11-21H2,2-9H3,(H,37,44)(H,38,43)(H2,39,40,46);9,21-24,26,30H,2,8,10-20H2,1,3-7H3,(H,35,42)(H,36,41)(H2,37,38,44)/t26?,27-,28-,29-,31+;23?,24-,25-,26-,28+;21?,22-,23-,24-,26+,30?/m000/s1. The number of piperidine rings is 3. The smallest absolute Gasteiger partial charge is 0.316 e. The van der Waals surface area contributed by atoms with Crippen molar-refractivity contribution in [1.82, 2.24) is 78.5 Å². The van der Waals surface area contributed by atoms with Gasteiger partial charge in [-0.25, -0.2) is 39.6 Å². The highest BCUT2D eigenvalue weighted by molar-refractivity contribution is 7.93. The fourth-order valence-corrected chi connectivity index (χ4v) is 29.8. The highest BCUT2D eigenvalue weighted by Crippen LogP contribution is 2.68. The lowest BCUT2D eigenvalue weighted by atomic mass is 9.70. The number of amides is 15. The molecule has 37 nitrogen and oxygen atoms in total. The first-order valence-electron chi connectivity index (χ1n) is 54.9. The van der Waals surface area contributed by atoms with E-state index in [1.807, 2.05) is 69.2 Å². The van der Waals surface area contributed by atoms with E-state index in [1.165, 1.54) is 28.0 Å². The van der Waals surface area contributed by atoms with Crippen molar-refractivity contribution in [1.29, 1.82) is 0 Å². The van der Waals surface area contributed by atoms with Crippen molar-refractivity contribution in [2.75, 3.05) is 63.1 Å². The molecule has 0 bridgehead atoms. The normalized spacial score (nSPS) is 26.9. The molecule has 13 rings (SSSR count). The third kappa shape index (κ3) is 28.1. The number of ether oxygens (including phenoxy) is 1. The molecule has 149 heavy (non-hydrogen) atoms. The molecule has 13 fully saturated rings. The number of carbonyl (C=O) groups is 15. The molecular weight excluding hydrogens is 1970 g/mol. The van der Waals surface area contributed by atoms with Crippen LogP contribution < -0.4 is 63.8 Å². The van der Waals surface area contributed by atoms with Crippen LogP contribution in [0.2, 0.25) is 0 Å². The molecular formula is C109H177N15O22S3. The van der Waals surface area contributed by atoms with Crippen molar-refractivity contribution < 1.29 is 102 Å². The predicted molar refractivity (Wildman–Crippen MR) is 568 cm³/mol. The molecule has 838 valence electrons. The topological polar surface area (TPSA) is 522 Å². The molecule has 0 aromatic heterocycles. The van der Waals surface area contributed by atoms with Crippen LogP contribution in [0.5, 0.6) is 0 Å². The number of ketones is 3. The fraction of sp³-hybridized carbons (Fsp3) is 0.807. The van der Waals surface area contributed by atoms with Gasteiger partial charge >= 0.3 is 18.1 Å². The number of rotatable bonds is 40. The van der Waals surface area contributed by atoms with Crippen LogP contribution in [0, 0.1) is 79.8 Å². The summed E-state index contributed by atoms with van der Waals surface area (Å²) in [5, 5.41) is 33.9. The number of nitrogens with zero attached hydrogens (tertiary/aromatic N) is 3. The monoisotopic (exact) mass is 2140 g/mol. The van der Waals surface area contributed by atoms with Crippen LogP contribution >= 0.6 is 0 Å². The molecule has 4 unspecified atom stereocenters.